The number of carbonyl (C=O) groups is 3. The zero-order chi connectivity index (χ0) is 21.5. The molecule has 1 heterocycles. The fourth-order valence-corrected chi connectivity index (χ4v) is 3.29. The average Bonchev–Trinajstić information content (AvgIpc) is 3.15. The minimum Gasteiger partial charge on any atom is -0.492 e. The number of hydrogen-bond acceptors (Lipinski definition) is 5. The van der Waals surface area contributed by atoms with Crippen molar-refractivity contribution < 1.29 is 23.9 Å². The fourth-order valence-electron chi connectivity index (χ4n) is 3.29. The molecule has 30 heavy (non-hydrogen) atoms. The van der Waals surface area contributed by atoms with Crippen molar-refractivity contribution in [2.24, 2.45) is 5.92 Å². The Bertz CT molecular complexity index is 910. The molecule has 0 radical (unpaired) electrons. The van der Waals surface area contributed by atoms with Gasteiger partial charge < -0.3 is 19.7 Å². The molecular weight excluding hydrogens is 384 g/mol. The second kappa shape index (κ2) is 9.91. The third-order valence-electron chi connectivity index (χ3n) is 4.78. The number of carbonyl (C=O) groups excluding carboxylic acids is 3. The van der Waals surface area contributed by atoms with E-state index < -0.39 is 5.92 Å². The van der Waals surface area contributed by atoms with Gasteiger partial charge in [-0.1, -0.05) is 19.1 Å². The Balaban J connectivity index is 1.63. The summed E-state index contributed by atoms with van der Waals surface area (Å²) < 4.78 is 10.7. The van der Waals surface area contributed by atoms with E-state index in [0.717, 1.165) is 6.42 Å². The average molecular weight is 410 g/mol. The van der Waals surface area contributed by atoms with Crippen LogP contribution in [0.5, 0.6) is 5.75 Å². The number of benzene rings is 2. The summed E-state index contributed by atoms with van der Waals surface area (Å²) >= 11 is 0. The Morgan fingerprint density at radius 3 is 2.53 bits per heavy atom. The van der Waals surface area contributed by atoms with Gasteiger partial charge in [0, 0.05) is 18.7 Å². The van der Waals surface area contributed by atoms with Gasteiger partial charge in [-0.05, 0) is 49.7 Å². The van der Waals surface area contributed by atoms with E-state index in [1.54, 1.807) is 29.2 Å². The van der Waals surface area contributed by atoms with E-state index in [1.165, 1.54) is 0 Å². The van der Waals surface area contributed by atoms with Crippen LogP contribution >= 0.6 is 0 Å². The normalized spacial score (nSPS) is 15.7. The van der Waals surface area contributed by atoms with Crippen LogP contribution in [0.4, 0.5) is 11.4 Å². The predicted molar refractivity (Wildman–Crippen MR) is 114 cm³/mol. The van der Waals surface area contributed by atoms with E-state index in [2.05, 4.69) is 5.32 Å². The number of rotatable bonds is 8. The molecule has 0 spiro atoms. The molecule has 2 aromatic rings. The molecule has 158 valence electrons. The van der Waals surface area contributed by atoms with Crippen LogP contribution in [0.25, 0.3) is 0 Å². The Labute approximate surface area is 176 Å². The maximum absolute atomic E-state index is 12.7. The monoisotopic (exact) mass is 410 g/mol. The van der Waals surface area contributed by atoms with Gasteiger partial charge in [-0.3, -0.25) is 9.59 Å². The maximum atomic E-state index is 12.7. The second-order valence-corrected chi connectivity index (χ2v) is 7.01. The third kappa shape index (κ3) is 4.97. The molecule has 2 aromatic carbocycles. The second-order valence-electron chi connectivity index (χ2n) is 7.01. The molecule has 0 unspecified atom stereocenters. The van der Waals surface area contributed by atoms with Gasteiger partial charge in [0.05, 0.1) is 30.4 Å². The van der Waals surface area contributed by atoms with Crippen molar-refractivity contribution in [1.82, 2.24) is 0 Å². The number of nitrogens with one attached hydrogen (secondary N) is 1. The summed E-state index contributed by atoms with van der Waals surface area (Å²) in [6.07, 6.45) is 0.889. The Morgan fingerprint density at radius 2 is 1.83 bits per heavy atom. The lowest BCUT2D eigenvalue weighted by Gasteiger charge is -2.20. The number of para-hydroxylation sites is 2. The number of esters is 1. The maximum Gasteiger partial charge on any atom is 0.338 e. The highest BCUT2D eigenvalue weighted by Crippen LogP contribution is 2.33. The predicted octanol–water partition coefficient (Wildman–Crippen LogP) is 3.64. The highest BCUT2D eigenvalue weighted by molar-refractivity contribution is 6.04. The van der Waals surface area contributed by atoms with E-state index in [9.17, 15) is 14.4 Å². The minimum absolute atomic E-state index is 0.115. The molecule has 1 aliphatic rings. The molecule has 1 N–H and O–H groups in total. The smallest absolute Gasteiger partial charge is 0.338 e. The van der Waals surface area contributed by atoms with Crippen LogP contribution in [0.2, 0.25) is 0 Å². The topological polar surface area (TPSA) is 84.9 Å². The zero-order valence-electron chi connectivity index (χ0n) is 17.2. The Kier molecular flexibility index (Phi) is 7.06. The first kappa shape index (κ1) is 21.4. The first-order valence-electron chi connectivity index (χ1n) is 10.1. The van der Waals surface area contributed by atoms with E-state index in [4.69, 9.17) is 9.47 Å². The number of anilines is 2. The molecule has 0 aliphatic carbocycles. The van der Waals surface area contributed by atoms with Crippen LogP contribution in [0, 0.1) is 5.92 Å². The molecule has 7 nitrogen and oxygen atoms in total. The zero-order valence-corrected chi connectivity index (χ0v) is 17.2. The number of hydrogen-bond donors (Lipinski definition) is 1. The van der Waals surface area contributed by atoms with Crippen molar-refractivity contribution in [2.45, 2.75) is 26.7 Å². The van der Waals surface area contributed by atoms with Crippen molar-refractivity contribution >= 4 is 29.2 Å². The van der Waals surface area contributed by atoms with Gasteiger partial charge in [0.2, 0.25) is 11.8 Å². The summed E-state index contributed by atoms with van der Waals surface area (Å²) in [4.78, 5) is 38.7. The van der Waals surface area contributed by atoms with E-state index in [1.807, 2.05) is 38.1 Å². The van der Waals surface area contributed by atoms with Crippen LogP contribution in [0.15, 0.2) is 48.5 Å². The molecule has 3 rings (SSSR count). The summed E-state index contributed by atoms with van der Waals surface area (Å²) in [5.41, 5.74) is 1.67. The first-order chi connectivity index (χ1) is 14.5. The molecule has 2 amide bonds. The lowest BCUT2D eigenvalue weighted by atomic mass is 10.1. The van der Waals surface area contributed by atoms with Gasteiger partial charge in [0.25, 0.3) is 0 Å². The number of nitrogens with zero attached hydrogens (tertiary/aromatic N) is 1. The molecule has 0 aromatic heterocycles. The molecule has 1 atom stereocenters. The summed E-state index contributed by atoms with van der Waals surface area (Å²) in [7, 11) is 0. The van der Waals surface area contributed by atoms with Crippen LogP contribution in [0.1, 0.15) is 37.0 Å². The molecule has 0 bridgehead atoms. The molecule has 7 heteroatoms. The van der Waals surface area contributed by atoms with E-state index in [0.29, 0.717) is 35.9 Å². The highest BCUT2D eigenvalue weighted by atomic mass is 16.5. The summed E-state index contributed by atoms with van der Waals surface area (Å²) in [6.45, 7) is 4.96. The van der Waals surface area contributed by atoms with Gasteiger partial charge in [-0.25, -0.2) is 4.79 Å². The van der Waals surface area contributed by atoms with Crippen molar-refractivity contribution in [3.05, 3.63) is 54.1 Å². The van der Waals surface area contributed by atoms with Crippen LogP contribution in [-0.4, -0.2) is 37.5 Å². The van der Waals surface area contributed by atoms with Gasteiger partial charge in [0.1, 0.15) is 5.75 Å². The summed E-state index contributed by atoms with van der Waals surface area (Å²) in [6, 6.07) is 13.8. The van der Waals surface area contributed by atoms with Crippen LogP contribution in [0.3, 0.4) is 0 Å². The van der Waals surface area contributed by atoms with Crippen molar-refractivity contribution in [2.75, 3.05) is 30.0 Å². The highest BCUT2D eigenvalue weighted by Gasteiger charge is 2.36. The largest absolute Gasteiger partial charge is 0.492 e. The molecule has 0 saturated carbocycles. The van der Waals surface area contributed by atoms with Crippen molar-refractivity contribution in [3.63, 3.8) is 0 Å². The van der Waals surface area contributed by atoms with E-state index in [-0.39, 0.29) is 30.7 Å². The van der Waals surface area contributed by atoms with Gasteiger partial charge in [0.15, 0.2) is 0 Å². The molecule has 1 aliphatic heterocycles. The molecule has 1 fully saturated rings. The summed E-state index contributed by atoms with van der Waals surface area (Å²) in [5.74, 6) is -0.585. The lowest BCUT2D eigenvalue weighted by molar-refractivity contribution is -0.122. The quantitative estimate of drug-likeness (QED) is 0.672. The molecular formula is C23H26N2O5. The minimum atomic E-state index is -0.471. The standard InChI is InChI=1S/C23H26N2O5/c1-3-13-30-23(28)16-9-11-18(12-10-16)24-22(27)17-14-21(26)25(15-17)19-7-5-6-8-20(19)29-4-2/h5-12,17H,3-4,13-15H2,1-2H3,(H,24,27)/t17-/m1/s1. The SMILES string of the molecule is CCCOC(=O)c1ccc(NC(=O)[C@@H]2CC(=O)N(c3ccccc3OCC)C2)cc1. The third-order valence-corrected chi connectivity index (χ3v) is 4.78. The number of ether oxygens (including phenoxy) is 2. The molecule has 1 saturated heterocycles. The fraction of sp³-hybridized carbons (Fsp3) is 0.348. The lowest BCUT2D eigenvalue weighted by Crippen LogP contribution is -2.28. The van der Waals surface area contributed by atoms with Crippen LogP contribution < -0.4 is 15.0 Å². The van der Waals surface area contributed by atoms with Gasteiger partial charge in [-0.2, -0.15) is 0 Å². The van der Waals surface area contributed by atoms with Crippen molar-refractivity contribution in [1.29, 1.82) is 0 Å². The van der Waals surface area contributed by atoms with Gasteiger partial charge in [-0.15, -0.1) is 0 Å². The number of amides is 2. The van der Waals surface area contributed by atoms with Crippen molar-refractivity contribution in [3.8, 4) is 5.75 Å². The van der Waals surface area contributed by atoms with Crippen LogP contribution in [-0.2, 0) is 14.3 Å². The Morgan fingerprint density at radius 1 is 1.10 bits per heavy atom. The van der Waals surface area contributed by atoms with E-state index >= 15 is 0 Å². The first-order valence-corrected chi connectivity index (χ1v) is 10.1. The Hall–Kier alpha value is -3.35. The summed E-state index contributed by atoms with van der Waals surface area (Å²) in [5, 5.41) is 2.82. The van der Waals surface area contributed by atoms with Gasteiger partial charge >= 0.3 is 5.97 Å².